The summed E-state index contributed by atoms with van der Waals surface area (Å²) in [6, 6.07) is 20.8. The molecular formula is C27H26N2O6. The second-order valence-electron chi connectivity index (χ2n) is 8.17. The number of nitrogens with zero attached hydrogens (tertiary/aromatic N) is 1. The van der Waals surface area contributed by atoms with Gasteiger partial charge in [0.25, 0.3) is 5.91 Å². The lowest BCUT2D eigenvalue weighted by Gasteiger charge is -2.23. The first-order valence-electron chi connectivity index (χ1n) is 11.2. The van der Waals surface area contributed by atoms with Crippen molar-refractivity contribution in [3.05, 3.63) is 95.4 Å². The molecule has 0 bridgehead atoms. The van der Waals surface area contributed by atoms with E-state index in [2.05, 4.69) is 10.5 Å². The molecule has 1 amide bonds. The predicted octanol–water partition coefficient (Wildman–Crippen LogP) is 4.50. The molecule has 2 N–H and O–H groups in total. The Morgan fingerprint density at radius 2 is 1.77 bits per heavy atom. The Kier molecular flexibility index (Phi) is 7.42. The van der Waals surface area contributed by atoms with Gasteiger partial charge in [0.15, 0.2) is 6.04 Å². The van der Waals surface area contributed by atoms with Gasteiger partial charge in [-0.05, 0) is 30.9 Å². The van der Waals surface area contributed by atoms with E-state index in [9.17, 15) is 14.7 Å². The number of carboxylic acids is 1. The summed E-state index contributed by atoms with van der Waals surface area (Å²) in [5.74, 6) is -0.790. The highest BCUT2D eigenvalue weighted by Crippen LogP contribution is 2.31. The average molecular weight is 475 g/mol. The summed E-state index contributed by atoms with van der Waals surface area (Å²) in [5.41, 5.74) is 1.70. The molecule has 4 rings (SSSR count). The molecule has 35 heavy (non-hydrogen) atoms. The molecule has 1 unspecified atom stereocenters. The van der Waals surface area contributed by atoms with Crippen molar-refractivity contribution in [2.24, 2.45) is 0 Å². The van der Waals surface area contributed by atoms with Gasteiger partial charge >= 0.3 is 5.97 Å². The fourth-order valence-electron chi connectivity index (χ4n) is 3.71. The lowest BCUT2D eigenvalue weighted by Crippen LogP contribution is -2.48. The Morgan fingerprint density at radius 3 is 2.49 bits per heavy atom. The SMILES string of the molecule is Cc1cc(COc2c(C(=O)NC(C(=O)O)[C@@H](C)OCc3ccccc3)ccc3ccccc23)no1. The van der Waals surface area contributed by atoms with Crippen molar-refractivity contribution in [2.75, 3.05) is 0 Å². The molecule has 0 aliphatic carbocycles. The van der Waals surface area contributed by atoms with Gasteiger partial charge in [-0.2, -0.15) is 0 Å². The number of carbonyl (C=O) groups excluding carboxylic acids is 1. The normalized spacial score (nSPS) is 12.7. The van der Waals surface area contributed by atoms with Crippen molar-refractivity contribution in [1.29, 1.82) is 0 Å². The van der Waals surface area contributed by atoms with Gasteiger partial charge in [0.05, 0.1) is 18.3 Å². The van der Waals surface area contributed by atoms with Gasteiger partial charge in [-0.3, -0.25) is 4.79 Å². The van der Waals surface area contributed by atoms with Crippen LogP contribution in [0.2, 0.25) is 0 Å². The molecule has 0 spiro atoms. The maximum absolute atomic E-state index is 13.3. The van der Waals surface area contributed by atoms with Crippen molar-refractivity contribution in [3.63, 3.8) is 0 Å². The second kappa shape index (κ2) is 10.8. The number of rotatable bonds is 10. The third kappa shape index (κ3) is 5.85. The minimum atomic E-state index is -1.26. The zero-order valence-electron chi connectivity index (χ0n) is 19.4. The van der Waals surface area contributed by atoms with Crippen LogP contribution < -0.4 is 10.1 Å². The molecule has 0 aliphatic heterocycles. The van der Waals surface area contributed by atoms with Crippen LogP contribution >= 0.6 is 0 Å². The zero-order valence-corrected chi connectivity index (χ0v) is 19.4. The van der Waals surface area contributed by atoms with Crippen molar-refractivity contribution < 1.29 is 28.7 Å². The summed E-state index contributed by atoms with van der Waals surface area (Å²) in [5, 5.41) is 17.9. The van der Waals surface area contributed by atoms with Gasteiger partial charge in [0.2, 0.25) is 0 Å². The van der Waals surface area contributed by atoms with Gasteiger partial charge in [-0.1, -0.05) is 65.8 Å². The Labute approximate surface area is 202 Å². The van der Waals surface area contributed by atoms with Crippen LogP contribution in [-0.4, -0.2) is 34.3 Å². The van der Waals surface area contributed by atoms with Crippen LogP contribution in [0.3, 0.4) is 0 Å². The number of aliphatic carboxylic acids is 1. The average Bonchev–Trinajstić information content (AvgIpc) is 3.29. The fraction of sp³-hybridized carbons (Fsp3) is 0.222. The maximum Gasteiger partial charge on any atom is 0.328 e. The summed E-state index contributed by atoms with van der Waals surface area (Å²) >= 11 is 0. The van der Waals surface area contributed by atoms with Gasteiger partial charge in [0, 0.05) is 11.5 Å². The van der Waals surface area contributed by atoms with Gasteiger partial charge < -0.3 is 24.4 Å². The largest absolute Gasteiger partial charge is 0.486 e. The van der Waals surface area contributed by atoms with E-state index >= 15 is 0 Å². The van der Waals surface area contributed by atoms with Crippen molar-refractivity contribution in [1.82, 2.24) is 10.5 Å². The molecular weight excluding hydrogens is 448 g/mol. The molecule has 0 aliphatic rings. The number of amides is 1. The highest BCUT2D eigenvalue weighted by atomic mass is 16.5. The summed E-state index contributed by atoms with van der Waals surface area (Å²) in [6.45, 7) is 3.71. The topological polar surface area (TPSA) is 111 Å². The van der Waals surface area contributed by atoms with Gasteiger partial charge in [-0.25, -0.2) is 4.79 Å². The molecule has 0 saturated heterocycles. The smallest absolute Gasteiger partial charge is 0.328 e. The molecule has 8 nitrogen and oxygen atoms in total. The molecule has 0 radical (unpaired) electrons. The molecule has 0 saturated carbocycles. The second-order valence-corrected chi connectivity index (χ2v) is 8.17. The Morgan fingerprint density at radius 1 is 1.03 bits per heavy atom. The van der Waals surface area contributed by atoms with E-state index in [4.69, 9.17) is 14.0 Å². The Balaban J connectivity index is 1.55. The summed E-state index contributed by atoms with van der Waals surface area (Å²) < 4.78 is 16.9. The summed E-state index contributed by atoms with van der Waals surface area (Å²) in [6.07, 6.45) is -0.778. The first kappa shape index (κ1) is 24.0. The van der Waals surface area contributed by atoms with Gasteiger partial charge in [-0.15, -0.1) is 0 Å². The van der Waals surface area contributed by atoms with E-state index < -0.39 is 24.0 Å². The Bertz CT molecular complexity index is 1320. The van der Waals surface area contributed by atoms with Crippen LogP contribution in [-0.2, 0) is 22.7 Å². The molecule has 1 aromatic heterocycles. The number of benzene rings is 3. The van der Waals surface area contributed by atoms with Crippen LogP contribution in [0.5, 0.6) is 5.75 Å². The minimum Gasteiger partial charge on any atom is -0.486 e. The van der Waals surface area contributed by atoms with E-state index in [0.717, 1.165) is 16.3 Å². The summed E-state index contributed by atoms with van der Waals surface area (Å²) in [4.78, 5) is 25.3. The van der Waals surface area contributed by atoms with E-state index in [1.54, 1.807) is 32.0 Å². The number of aromatic nitrogens is 1. The van der Waals surface area contributed by atoms with Crippen LogP contribution in [0.25, 0.3) is 10.8 Å². The molecule has 2 atom stereocenters. The number of aryl methyl sites for hydroxylation is 1. The maximum atomic E-state index is 13.3. The monoisotopic (exact) mass is 474 g/mol. The third-order valence-electron chi connectivity index (χ3n) is 5.54. The highest BCUT2D eigenvalue weighted by Gasteiger charge is 2.29. The van der Waals surface area contributed by atoms with Crippen LogP contribution in [0.15, 0.2) is 77.3 Å². The first-order valence-corrected chi connectivity index (χ1v) is 11.2. The fourth-order valence-corrected chi connectivity index (χ4v) is 3.71. The van der Waals surface area contributed by atoms with E-state index in [0.29, 0.717) is 17.2 Å². The lowest BCUT2D eigenvalue weighted by atomic mass is 10.0. The Hall–Kier alpha value is -4.17. The number of carbonyl (C=O) groups is 2. The first-order chi connectivity index (χ1) is 16.9. The molecule has 8 heteroatoms. The number of hydrogen-bond acceptors (Lipinski definition) is 6. The molecule has 3 aromatic carbocycles. The van der Waals surface area contributed by atoms with Crippen molar-refractivity contribution in [3.8, 4) is 5.75 Å². The minimum absolute atomic E-state index is 0.0879. The van der Waals surface area contributed by atoms with Gasteiger partial charge in [0.1, 0.15) is 23.8 Å². The van der Waals surface area contributed by atoms with Crippen LogP contribution in [0, 0.1) is 6.92 Å². The van der Waals surface area contributed by atoms with E-state index in [1.807, 2.05) is 54.6 Å². The standard InChI is InChI=1S/C27H26N2O6/c1-17-14-21(29-35-17)16-34-25-22-11-7-6-10-20(22)12-13-23(25)26(30)28-24(27(31)32)18(2)33-15-19-8-4-3-5-9-19/h3-14,18,24H,15-16H2,1-2H3,(H,28,30)(H,31,32)/t18-,24?/m1/s1. The predicted molar refractivity (Wildman–Crippen MR) is 129 cm³/mol. The van der Waals surface area contributed by atoms with E-state index in [1.165, 1.54) is 0 Å². The number of ether oxygens (including phenoxy) is 2. The summed E-state index contributed by atoms with van der Waals surface area (Å²) in [7, 11) is 0. The van der Waals surface area contributed by atoms with Crippen molar-refractivity contribution >= 4 is 22.6 Å². The number of hydrogen-bond donors (Lipinski definition) is 2. The van der Waals surface area contributed by atoms with Crippen LogP contribution in [0.4, 0.5) is 0 Å². The third-order valence-corrected chi connectivity index (χ3v) is 5.54. The zero-order chi connectivity index (χ0) is 24.8. The lowest BCUT2D eigenvalue weighted by molar-refractivity contribution is -0.143. The molecule has 0 fully saturated rings. The van der Waals surface area contributed by atoms with E-state index in [-0.39, 0.29) is 18.8 Å². The molecule has 4 aromatic rings. The number of nitrogens with one attached hydrogen (secondary N) is 1. The van der Waals surface area contributed by atoms with Crippen LogP contribution in [0.1, 0.15) is 34.3 Å². The quantitative estimate of drug-likeness (QED) is 0.348. The number of fused-ring (bicyclic) bond motifs is 1. The highest BCUT2D eigenvalue weighted by molar-refractivity contribution is 6.04. The number of carboxylic acid groups (broad SMARTS) is 1. The molecule has 180 valence electrons. The van der Waals surface area contributed by atoms with Crippen molar-refractivity contribution in [2.45, 2.75) is 39.2 Å². The molecule has 1 heterocycles.